The quantitative estimate of drug-likeness (QED) is 0.742. The minimum absolute atomic E-state index is 0.310. The van der Waals surface area contributed by atoms with E-state index in [0.29, 0.717) is 23.3 Å². The zero-order valence-corrected chi connectivity index (χ0v) is 15.2. The molecule has 1 aromatic rings. The standard InChI is InChI=1S/C17H26BrNO2/c1-11(2)15(12(3)4)10-19-9-14-7-6-13(8-16(14)18)17(20)21-5/h6-8,11-12,15,19H,9-10H2,1-5H3. The molecular weight excluding hydrogens is 330 g/mol. The van der Waals surface area contributed by atoms with Gasteiger partial charge in [-0.25, -0.2) is 4.79 Å². The minimum atomic E-state index is -0.310. The molecule has 0 saturated carbocycles. The lowest BCUT2D eigenvalue weighted by atomic mass is 9.85. The van der Waals surface area contributed by atoms with Crippen LogP contribution in [-0.4, -0.2) is 19.6 Å². The first-order valence-corrected chi connectivity index (χ1v) is 8.23. The van der Waals surface area contributed by atoms with Crippen LogP contribution in [0.2, 0.25) is 0 Å². The number of halogens is 1. The average molecular weight is 356 g/mol. The number of esters is 1. The first-order chi connectivity index (χ1) is 9.86. The summed E-state index contributed by atoms with van der Waals surface area (Å²) in [6, 6.07) is 5.57. The molecular formula is C17H26BrNO2. The van der Waals surface area contributed by atoms with Crippen molar-refractivity contribution in [2.24, 2.45) is 17.8 Å². The number of methoxy groups -OCH3 is 1. The van der Waals surface area contributed by atoms with Crippen LogP contribution in [0.25, 0.3) is 0 Å². The van der Waals surface area contributed by atoms with E-state index in [1.54, 1.807) is 6.07 Å². The van der Waals surface area contributed by atoms with Gasteiger partial charge in [0.25, 0.3) is 0 Å². The van der Waals surface area contributed by atoms with Crippen molar-refractivity contribution in [1.29, 1.82) is 0 Å². The van der Waals surface area contributed by atoms with E-state index in [9.17, 15) is 4.79 Å². The number of ether oxygens (including phenoxy) is 1. The fourth-order valence-corrected chi connectivity index (χ4v) is 3.07. The van der Waals surface area contributed by atoms with E-state index in [1.807, 2.05) is 12.1 Å². The summed E-state index contributed by atoms with van der Waals surface area (Å²) < 4.78 is 5.65. The van der Waals surface area contributed by atoms with Gasteiger partial charge in [-0.15, -0.1) is 0 Å². The Labute approximate surface area is 136 Å². The predicted molar refractivity (Wildman–Crippen MR) is 90.4 cm³/mol. The highest BCUT2D eigenvalue weighted by Crippen LogP contribution is 2.21. The topological polar surface area (TPSA) is 38.3 Å². The summed E-state index contributed by atoms with van der Waals surface area (Å²) in [6.45, 7) is 10.9. The molecule has 0 aliphatic carbocycles. The monoisotopic (exact) mass is 355 g/mol. The molecule has 0 spiro atoms. The molecule has 0 heterocycles. The van der Waals surface area contributed by atoms with Crippen LogP contribution in [0.15, 0.2) is 22.7 Å². The maximum Gasteiger partial charge on any atom is 0.337 e. The van der Waals surface area contributed by atoms with Crippen LogP contribution in [0.5, 0.6) is 0 Å². The third kappa shape index (κ3) is 5.44. The number of nitrogens with one attached hydrogen (secondary N) is 1. The molecule has 0 saturated heterocycles. The van der Waals surface area contributed by atoms with Crippen molar-refractivity contribution in [2.45, 2.75) is 34.2 Å². The molecule has 118 valence electrons. The Kier molecular flexibility index (Phi) is 7.40. The Hall–Kier alpha value is -0.870. The van der Waals surface area contributed by atoms with Crippen LogP contribution in [0.1, 0.15) is 43.6 Å². The lowest BCUT2D eigenvalue weighted by Gasteiger charge is -2.25. The number of benzene rings is 1. The third-order valence-electron chi connectivity index (χ3n) is 3.88. The molecule has 1 N–H and O–H groups in total. The maximum atomic E-state index is 11.5. The predicted octanol–water partition coefficient (Wildman–Crippen LogP) is 4.25. The molecule has 0 aromatic heterocycles. The lowest BCUT2D eigenvalue weighted by molar-refractivity contribution is 0.0600. The highest BCUT2D eigenvalue weighted by molar-refractivity contribution is 9.10. The highest BCUT2D eigenvalue weighted by Gasteiger charge is 2.17. The summed E-state index contributed by atoms with van der Waals surface area (Å²) in [7, 11) is 1.39. The van der Waals surface area contributed by atoms with Gasteiger partial charge in [0.2, 0.25) is 0 Å². The van der Waals surface area contributed by atoms with Crippen molar-refractivity contribution >= 4 is 21.9 Å². The number of hydrogen-bond acceptors (Lipinski definition) is 3. The summed E-state index contributed by atoms with van der Waals surface area (Å²) in [5.74, 6) is 1.69. The summed E-state index contributed by atoms with van der Waals surface area (Å²) in [6.07, 6.45) is 0. The molecule has 0 aliphatic rings. The molecule has 0 bridgehead atoms. The summed E-state index contributed by atoms with van der Waals surface area (Å²) in [5.41, 5.74) is 1.71. The second-order valence-electron chi connectivity index (χ2n) is 6.08. The molecule has 0 unspecified atom stereocenters. The van der Waals surface area contributed by atoms with Gasteiger partial charge in [0.15, 0.2) is 0 Å². The van der Waals surface area contributed by atoms with Gasteiger partial charge in [0.1, 0.15) is 0 Å². The van der Waals surface area contributed by atoms with E-state index < -0.39 is 0 Å². The fraction of sp³-hybridized carbons (Fsp3) is 0.588. The molecule has 0 radical (unpaired) electrons. The Morgan fingerprint density at radius 3 is 2.33 bits per heavy atom. The molecule has 0 aliphatic heterocycles. The molecule has 0 amide bonds. The van der Waals surface area contributed by atoms with E-state index >= 15 is 0 Å². The van der Waals surface area contributed by atoms with Crippen LogP contribution in [0, 0.1) is 17.8 Å². The average Bonchev–Trinajstić information content (AvgIpc) is 2.43. The van der Waals surface area contributed by atoms with Crippen molar-refractivity contribution in [2.75, 3.05) is 13.7 Å². The maximum absolute atomic E-state index is 11.5. The summed E-state index contributed by atoms with van der Waals surface area (Å²) in [4.78, 5) is 11.5. The lowest BCUT2D eigenvalue weighted by Crippen LogP contribution is -2.29. The van der Waals surface area contributed by atoms with Crippen LogP contribution in [-0.2, 0) is 11.3 Å². The zero-order valence-electron chi connectivity index (χ0n) is 13.6. The number of carbonyl (C=O) groups excluding carboxylic acids is 1. The van der Waals surface area contributed by atoms with E-state index in [4.69, 9.17) is 4.74 Å². The number of hydrogen-bond donors (Lipinski definition) is 1. The molecule has 0 atom stereocenters. The Balaban J connectivity index is 2.62. The van der Waals surface area contributed by atoms with Gasteiger partial charge in [-0.2, -0.15) is 0 Å². The minimum Gasteiger partial charge on any atom is -0.465 e. The van der Waals surface area contributed by atoms with Crippen molar-refractivity contribution in [3.05, 3.63) is 33.8 Å². The SMILES string of the molecule is COC(=O)c1ccc(CNCC(C(C)C)C(C)C)c(Br)c1. The van der Waals surface area contributed by atoms with Gasteiger partial charge in [-0.1, -0.05) is 49.7 Å². The molecule has 1 rings (SSSR count). The second kappa shape index (κ2) is 8.54. The van der Waals surface area contributed by atoms with E-state index in [1.165, 1.54) is 7.11 Å². The van der Waals surface area contributed by atoms with E-state index in [-0.39, 0.29) is 5.97 Å². The number of carbonyl (C=O) groups is 1. The van der Waals surface area contributed by atoms with Crippen molar-refractivity contribution in [3.63, 3.8) is 0 Å². The largest absolute Gasteiger partial charge is 0.465 e. The van der Waals surface area contributed by atoms with Crippen molar-refractivity contribution < 1.29 is 9.53 Å². The zero-order chi connectivity index (χ0) is 16.0. The molecule has 21 heavy (non-hydrogen) atoms. The van der Waals surface area contributed by atoms with Gasteiger partial charge in [0, 0.05) is 11.0 Å². The molecule has 1 aromatic carbocycles. The van der Waals surface area contributed by atoms with Gasteiger partial charge in [-0.05, 0) is 42.0 Å². The third-order valence-corrected chi connectivity index (χ3v) is 4.62. The highest BCUT2D eigenvalue weighted by atomic mass is 79.9. The Bertz CT molecular complexity index is 464. The van der Waals surface area contributed by atoms with Gasteiger partial charge in [0.05, 0.1) is 12.7 Å². The smallest absolute Gasteiger partial charge is 0.337 e. The van der Waals surface area contributed by atoms with Crippen molar-refractivity contribution in [3.8, 4) is 0 Å². The number of rotatable bonds is 7. The van der Waals surface area contributed by atoms with Gasteiger partial charge in [-0.3, -0.25) is 0 Å². The van der Waals surface area contributed by atoms with Crippen molar-refractivity contribution in [1.82, 2.24) is 5.32 Å². The molecule has 0 fully saturated rings. The molecule has 3 nitrogen and oxygen atoms in total. The Morgan fingerprint density at radius 1 is 1.24 bits per heavy atom. The van der Waals surface area contributed by atoms with Crippen LogP contribution >= 0.6 is 15.9 Å². The van der Waals surface area contributed by atoms with Crippen LogP contribution in [0.4, 0.5) is 0 Å². The van der Waals surface area contributed by atoms with E-state index in [2.05, 4.69) is 48.9 Å². The summed E-state index contributed by atoms with van der Waals surface area (Å²) >= 11 is 3.52. The first kappa shape index (κ1) is 18.2. The van der Waals surface area contributed by atoms with Gasteiger partial charge >= 0.3 is 5.97 Å². The van der Waals surface area contributed by atoms with E-state index in [0.717, 1.165) is 23.1 Å². The van der Waals surface area contributed by atoms with Gasteiger partial charge < -0.3 is 10.1 Å². The summed E-state index contributed by atoms with van der Waals surface area (Å²) in [5, 5.41) is 3.52. The molecule has 4 heteroatoms. The normalized spacial score (nSPS) is 11.5. The first-order valence-electron chi connectivity index (χ1n) is 7.44. The van der Waals surface area contributed by atoms with Crippen LogP contribution < -0.4 is 5.32 Å². The Morgan fingerprint density at radius 2 is 1.86 bits per heavy atom. The fourth-order valence-electron chi connectivity index (χ4n) is 2.55. The second-order valence-corrected chi connectivity index (χ2v) is 6.93. The van der Waals surface area contributed by atoms with Crippen LogP contribution in [0.3, 0.4) is 0 Å².